The SMILES string of the molecule is COC(=O)N1CCCC(c2ccc(C)c(Cl)c2)C1N. The van der Waals surface area contributed by atoms with Gasteiger partial charge in [0.15, 0.2) is 0 Å². The van der Waals surface area contributed by atoms with Crippen LogP contribution in [-0.2, 0) is 4.74 Å². The molecular formula is C14H19ClN2O2. The molecule has 0 aromatic heterocycles. The molecule has 1 aromatic carbocycles. The molecule has 4 nitrogen and oxygen atoms in total. The minimum atomic E-state index is -0.365. The average molecular weight is 283 g/mol. The highest BCUT2D eigenvalue weighted by molar-refractivity contribution is 6.31. The third-order valence-corrected chi connectivity index (χ3v) is 4.13. The van der Waals surface area contributed by atoms with E-state index >= 15 is 0 Å². The number of aryl methyl sites for hydroxylation is 1. The Kier molecular flexibility index (Phi) is 4.32. The highest BCUT2D eigenvalue weighted by Crippen LogP contribution is 2.32. The maximum Gasteiger partial charge on any atom is 0.410 e. The molecule has 1 heterocycles. The molecule has 0 bridgehead atoms. The number of rotatable bonds is 1. The molecule has 1 aromatic rings. The Balaban J connectivity index is 2.23. The van der Waals surface area contributed by atoms with Gasteiger partial charge in [0.05, 0.1) is 13.3 Å². The summed E-state index contributed by atoms with van der Waals surface area (Å²) < 4.78 is 4.77. The van der Waals surface area contributed by atoms with Crippen molar-refractivity contribution in [2.24, 2.45) is 5.73 Å². The molecule has 104 valence electrons. The molecule has 1 aliphatic rings. The topological polar surface area (TPSA) is 55.6 Å². The quantitative estimate of drug-likeness (QED) is 0.862. The standard InChI is InChI=1S/C14H19ClN2O2/c1-9-5-6-10(8-12(9)15)11-4-3-7-17(13(11)16)14(18)19-2/h5-6,8,11,13H,3-4,7,16H2,1-2H3. The summed E-state index contributed by atoms with van der Waals surface area (Å²) in [4.78, 5) is 13.3. The fraction of sp³-hybridized carbons (Fsp3) is 0.500. The first kappa shape index (κ1) is 14.2. The molecule has 2 unspecified atom stereocenters. The summed E-state index contributed by atoms with van der Waals surface area (Å²) in [7, 11) is 1.38. The largest absolute Gasteiger partial charge is 0.453 e. The molecule has 0 radical (unpaired) electrons. The fourth-order valence-corrected chi connectivity index (χ4v) is 2.74. The highest BCUT2D eigenvalue weighted by atomic mass is 35.5. The summed E-state index contributed by atoms with van der Waals surface area (Å²) in [6, 6.07) is 5.97. The van der Waals surface area contributed by atoms with Crippen LogP contribution in [0.15, 0.2) is 18.2 Å². The second-order valence-electron chi connectivity index (χ2n) is 4.91. The van der Waals surface area contributed by atoms with Crippen molar-refractivity contribution in [1.29, 1.82) is 0 Å². The second kappa shape index (κ2) is 5.80. The van der Waals surface area contributed by atoms with Gasteiger partial charge in [0.2, 0.25) is 0 Å². The normalized spacial score (nSPS) is 23.3. The summed E-state index contributed by atoms with van der Waals surface area (Å²) in [5.41, 5.74) is 8.32. The molecule has 0 spiro atoms. The molecule has 2 N–H and O–H groups in total. The van der Waals surface area contributed by atoms with E-state index in [2.05, 4.69) is 0 Å². The van der Waals surface area contributed by atoms with Crippen LogP contribution in [0.3, 0.4) is 0 Å². The van der Waals surface area contributed by atoms with Crippen molar-refractivity contribution in [3.8, 4) is 0 Å². The van der Waals surface area contributed by atoms with Crippen LogP contribution in [0.4, 0.5) is 4.79 Å². The van der Waals surface area contributed by atoms with Crippen LogP contribution >= 0.6 is 11.6 Å². The number of nitrogens with zero attached hydrogens (tertiary/aromatic N) is 1. The number of hydrogen-bond donors (Lipinski definition) is 1. The molecule has 0 saturated carbocycles. The van der Waals surface area contributed by atoms with Gasteiger partial charge in [0.1, 0.15) is 0 Å². The molecule has 1 fully saturated rings. The van der Waals surface area contributed by atoms with Crippen molar-refractivity contribution in [1.82, 2.24) is 4.90 Å². The van der Waals surface area contributed by atoms with Crippen LogP contribution in [0.5, 0.6) is 0 Å². The zero-order valence-corrected chi connectivity index (χ0v) is 12.0. The van der Waals surface area contributed by atoms with Crippen LogP contribution in [-0.4, -0.2) is 30.8 Å². The average Bonchev–Trinajstić information content (AvgIpc) is 2.41. The third-order valence-electron chi connectivity index (χ3n) is 3.72. The van der Waals surface area contributed by atoms with Gasteiger partial charge in [-0.15, -0.1) is 0 Å². The Morgan fingerprint density at radius 2 is 2.26 bits per heavy atom. The van der Waals surface area contributed by atoms with E-state index in [1.807, 2.05) is 25.1 Å². The van der Waals surface area contributed by atoms with Crippen LogP contribution in [0.25, 0.3) is 0 Å². The van der Waals surface area contributed by atoms with E-state index in [9.17, 15) is 4.79 Å². The highest BCUT2D eigenvalue weighted by Gasteiger charge is 2.33. The lowest BCUT2D eigenvalue weighted by molar-refractivity contribution is 0.0831. The Labute approximate surface area is 118 Å². The van der Waals surface area contributed by atoms with E-state index < -0.39 is 0 Å². The van der Waals surface area contributed by atoms with E-state index in [4.69, 9.17) is 22.1 Å². The van der Waals surface area contributed by atoms with Gasteiger partial charge in [-0.3, -0.25) is 4.90 Å². The summed E-state index contributed by atoms with van der Waals surface area (Å²) in [5, 5.41) is 0.736. The van der Waals surface area contributed by atoms with E-state index in [-0.39, 0.29) is 18.2 Å². The Morgan fingerprint density at radius 1 is 1.53 bits per heavy atom. The first-order valence-electron chi connectivity index (χ1n) is 6.41. The zero-order chi connectivity index (χ0) is 14.0. The smallest absolute Gasteiger partial charge is 0.410 e. The maximum absolute atomic E-state index is 11.7. The minimum absolute atomic E-state index is 0.103. The monoisotopic (exact) mass is 282 g/mol. The van der Waals surface area contributed by atoms with Crippen molar-refractivity contribution < 1.29 is 9.53 Å². The number of amides is 1. The number of benzene rings is 1. The van der Waals surface area contributed by atoms with Crippen LogP contribution < -0.4 is 5.73 Å². The van der Waals surface area contributed by atoms with Crippen molar-refractivity contribution >= 4 is 17.7 Å². The zero-order valence-electron chi connectivity index (χ0n) is 11.2. The van der Waals surface area contributed by atoms with E-state index in [1.165, 1.54) is 7.11 Å². The molecule has 2 atom stereocenters. The predicted molar refractivity (Wildman–Crippen MR) is 75.3 cm³/mol. The van der Waals surface area contributed by atoms with E-state index in [0.29, 0.717) is 6.54 Å². The molecular weight excluding hydrogens is 264 g/mol. The molecule has 5 heteroatoms. The van der Waals surface area contributed by atoms with Gasteiger partial charge in [0, 0.05) is 17.5 Å². The molecule has 2 rings (SSSR count). The van der Waals surface area contributed by atoms with E-state index in [0.717, 1.165) is 29.0 Å². The van der Waals surface area contributed by atoms with Crippen LogP contribution in [0, 0.1) is 6.92 Å². The predicted octanol–water partition coefficient (Wildman–Crippen LogP) is 2.88. The van der Waals surface area contributed by atoms with Crippen LogP contribution in [0.2, 0.25) is 5.02 Å². The Hall–Kier alpha value is -1.26. The van der Waals surface area contributed by atoms with Crippen molar-refractivity contribution in [3.05, 3.63) is 34.3 Å². The third kappa shape index (κ3) is 2.85. The Morgan fingerprint density at radius 3 is 2.89 bits per heavy atom. The Bertz CT molecular complexity index is 479. The number of halogens is 1. The van der Waals surface area contributed by atoms with Gasteiger partial charge in [-0.1, -0.05) is 23.7 Å². The summed E-state index contributed by atoms with van der Waals surface area (Å²) in [6.07, 6.45) is 1.14. The number of nitrogens with two attached hydrogens (primary N) is 1. The van der Waals surface area contributed by atoms with Crippen molar-refractivity contribution in [2.45, 2.75) is 31.8 Å². The lowest BCUT2D eigenvalue weighted by Crippen LogP contribution is -2.52. The molecule has 1 saturated heterocycles. The number of ether oxygens (including phenoxy) is 1. The van der Waals surface area contributed by atoms with Gasteiger partial charge in [-0.05, 0) is 37.0 Å². The number of piperidine rings is 1. The van der Waals surface area contributed by atoms with Crippen molar-refractivity contribution in [3.63, 3.8) is 0 Å². The lowest BCUT2D eigenvalue weighted by Gasteiger charge is -2.38. The van der Waals surface area contributed by atoms with E-state index in [1.54, 1.807) is 4.90 Å². The molecule has 1 amide bonds. The maximum atomic E-state index is 11.7. The summed E-state index contributed by atoms with van der Waals surface area (Å²) >= 11 is 6.16. The minimum Gasteiger partial charge on any atom is -0.453 e. The van der Waals surface area contributed by atoms with Gasteiger partial charge in [-0.25, -0.2) is 4.79 Å². The fourth-order valence-electron chi connectivity index (χ4n) is 2.55. The van der Waals surface area contributed by atoms with Gasteiger partial charge in [0.25, 0.3) is 0 Å². The van der Waals surface area contributed by atoms with Crippen molar-refractivity contribution in [2.75, 3.05) is 13.7 Å². The molecule has 0 aliphatic carbocycles. The summed E-state index contributed by atoms with van der Waals surface area (Å²) in [6.45, 7) is 2.61. The number of carbonyl (C=O) groups is 1. The first-order chi connectivity index (χ1) is 9.04. The van der Waals surface area contributed by atoms with Gasteiger partial charge < -0.3 is 10.5 Å². The number of methoxy groups -OCH3 is 1. The lowest BCUT2D eigenvalue weighted by atomic mass is 9.87. The molecule has 19 heavy (non-hydrogen) atoms. The summed E-state index contributed by atoms with van der Waals surface area (Å²) in [5.74, 6) is 0.103. The van der Waals surface area contributed by atoms with Crippen LogP contribution in [0.1, 0.15) is 29.9 Å². The van der Waals surface area contributed by atoms with Gasteiger partial charge in [-0.2, -0.15) is 0 Å². The number of carbonyl (C=O) groups excluding carboxylic acids is 1. The number of likely N-dealkylation sites (tertiary alicyclic amines) is 1. The number of hydrogen-bond acceptors (Lipinski definition) is 3. The second-order valence-corrected chi connectivity index (χ2v) is 5.32. The first-order valence-corrected chi connectivity index (χ1v) is 6.78. The molecule has 1 aliphatic heterocycles. The van der Waals surface area contributed by atoms with Gasteiger partial charge >= 0.3 is 6.09 Å².